The van der Waals surface area contributed by atoms with E-state index in [0.717, 1.165) is 42.3 Å². The molecule has 0 aliphatic carbocycles. The quantitative estimate of drug-likeness (QED) is 0.228. The van der Waals surface area contributed by atoms with Crippen molar-refractivity contribution in [3.8, 4) is 0 Å². The maximum atomic E-state index is 13.6. The molecule has 5 nitrogen and oxygen atoms in total. The molecule has 0 saturated carbocycles. The number of carbonyl (C=O) groups excluding carboxylic acids is 1. The number of hydrogen-bond acceptors (Lipinski definition) is 4. The molecular weight excluding hydrogens is 430 g/mol. The first-order valence-corrected chi connectivity index (χ1v) is 12.5. The van der Waals surface area contributed by atoms with Gasteiger partial charge < -0.3 is 4.90 Å². The van der Waals surface area contributed by atoms with E-state index in [2.05, 4.69) is 0 Å². The zero-order valence-corrected chi connectivity index (χ0v) is 19.6. The zero-order chi connectivity index (χ0) is 22.8. The minimum atomic E-state index is -0.438. The van der Waals surface area contributed by atoms with Crippen LogP contribution in [0.25, 0.3) is 21.7 Å². The number of piperidine rings is 1. The molecule has 0 radical (unpaired) electrons. The van der Waals surface area contributed by atoms with Crippen LogP contribution in [0.2, 0.25) is 0 Å². The molecule has 0 N–H and O–H groups in total. The highest BCUT2D eigenvalue weighted by Gasteiger charge is 2.29. The summed E-state index contributed by atoms with van der Waals surface area (Å²) >= 11 is 1.39. The number of thioether (sulfide) groups is 1. The lowest BCUT2D eigenvalue weighted by Gasteiger charge is -2.30. The summed E-state index contributed by atoms with van der Waals surface area (Å²) in [6, 6.07) is 21.7. The highest BCUT2D eigenvalue weighted by atomic mass is 32.2. The normalized spacial score (nSPS) is 15.1. The Labute approximate surface area is 197 Å². The summed E-state index contributed by atoms with van der Waals surface area (Å²) in [4.78, 5) is 33.9. The first-order chi connectivity index (χ1) is 16.2. The number of aromatic nitrogens is 2. The van der Waals surface area contributed by atoms with Crippen LogP contribution in [-0.4, -0.2) is 33.4 Å². The molecule has 2 heterocycles. The van der Waals surface area contributed by atoms with E-state index in [4.69, 9.17) is 4.98 Å². The molecule has 6 heteroatoms. The van der Waals surface area contributed by atoms with Crippen LogP contribution in [0.3, 0.4) is 0 Å². The lowest BCUT2D eigenvalue weighted by Crippen LogP contribution is -2.38. The van der Waals surface area contributed by atoms with Gasteiger partial charge in [-0.15, -0.1) is 0 Å². The van der Waals surface area contributed by atoms with Crippen molar-refractivity contribution in [1.29, 1.82) is 0 Å². The highest BCUT2D eigenvalue weighted by Crippen LogP contribution is 2.37. The zero-order valence-electron chi connectivity index (χ0n) is 18.7. The second-order valence-corrected chi connectivity index (χ2v) is 9.53. The molecule has 1 atom stereocenters. The number of carbonyl (C=O) groups is 1. The fourth-order valence-corrected chi connectivity index (χ4v) is 5.78. The molecule has 1 unspecified atom stereocenters. The van der Waals surface area contributed by atoms with Crippen LogP contribution in [0, 0.1) is 0 Å². The van der Waals surface area contributed by atoms with Crippen LogP contribution in [0.1, 0.15) is 37.0 Å². The van der Waals surface area contributed by atoms with E-state index in [0.29, 0.717) is 22.6 Å². The first-order valence-electron chi connectivity index (χ1n) is 11.6. The Kier molecular flexibility index (Phi) is 6.18. The molecule has 1 fully saturated rings. The summed E-state index contributed by atoms with van der Waals surface area (Å²) in [6.07, 6.45) is 3.25. The van der Waals surface area contributed by atoms with E-state index in [9.17, 15) is 9.59 Å². The average Bonchev–Trinajstić information content (AvgIpc) is 2.87. The molecular formula is C27H27N3O2S. The molecule has 1 aliphatic heterocycles. The molecule has 0 spiro atoms. The monoisotopic (exact) mass is 457 g/mol. The number of rotatable bonds is 5. The van der Waals surface area contributed by atoms with Gasteiger partial charge in [0.05, 0.1) is 10.9 Å². The third-order valence-corrected chi connectivity index (χ3v) is 7.55. The Morgan fingerprint density at radius 3 is 2.33 bits per heavy atom. The Morgan fingerprint density at radius 1 is 0.970 bits per heavy atom. The summed E-state index contributed by atoms with van der Waals surface area (Å²) in [6.45, 7) is 4.03. The summed E-state index contributed by atoms with van der Waals surface area (Å²) in [5.74, 6) is 0.0985. The standard InChI is InChI=1S/C27H27N3O2S/c1-2-30-25(31)22-17-20-13-7-8-14-21(20)18-23(22)28-27(30)33-24(19-11-5-3-6-12-19)26(32)29-15-9-4-10-16-29/h3,5-8,11-14,17-18,24H,2,4,9-10,15-16H2,1H3. The SMILES string of the molecule is CCn1c(SC(C(=O)N2CCCCC2)c2ccccc2)nc2cc3ccccc3cc2c1=O. The van der Waals surface area contributed by atoms with Crippen LogP contribution < -0.4 is 5.56 Å². The first kappa shape index (κ1) is 21.7. The maximum Gasteiger partial charge on any atom is 0.262 e. The number of likely N-dealkylation sites (tertiary alicyclic amines) is 1. The second-order valence-electron chi connectivity index (χ2n) is 8.45. The third kappa shape index (κ3) is 4.27. The van der Waals surface area contributed by atoms with Crippen molar-refractivity contribution in [3.63, 3.8) is 0 Å². The minimum Gasteiger partial charge on any atom is -0.341 e. The third-order valence-electron chi connectivity index (χ3n) is 6.32. The van der Waals surface area contributed by atoms with Gasteiger partial charge in [0.1, 0.15) is 5.25 Å². The van der Waals surface area contributed by atoms with Crippen LogP contribution in [0.5, 0.6) is 0 Å². The largest absolute Gasteiger partial charge is 0.341 e. The fourth-order valence-electron chi connectivity index (χ4n) is 4.53. The summed E-state index contributed by atoms with van der Waals surface area (Å²) in [5.41, 5.74) is 1.55. The summed E-state index contributed by atoms with van der Waals surface area (Å²) in [5, 5.41) is 2.83. The van der Waals surface area contributed by atoms with Gasteiger partial charge in [-0.3, -0.25) is 14.2 Å². The second kappa shape index (κ2) is 9.40. The van der Waals surface area contributed by atoms with Gasteiger partial charge in [0.15, 0.2) is 5.16 Å². The van der Waals surface area contributed by atoms with E-state index in [1.807, 2.05) is 78.6 Å². The molecule has 33 heavy (non-hydrogen) atoms. The maximum absolute atomic E-state index is 13.6. The van der Waals surface area contributed by atoms with Gasteiger partial charge in [0.25, 0.3) is 5.56 Å². The number of fused-ring (bicyclic) bond motifs is 2. The van der Waals surface area contributed by atoms with Crippen molar-refractivity contribution < 1.29 is 4.79 Å². The number of amides is 1. The van der Waals surface area contributed by atoms with E-state index in [1.165, 1.54) is 18.2 Å². The summed E-state index contributed by atoms with van der Waals surface area (Å²) in [7, 11) is 0. The van der Waals surface area contributed by atoms with Crippen molar-refractivity contribution in [2.24, 2.45) is 0 Å². The Morgan fingerprint density at radius 2 is 1.64 bits per heavy atom. The number of benzene rings is 3. The molecule has 1 amide bonds. The molecule has 4 aromatic rings. The van der Waals surface area contributed by atoms with Crippen molar-refractivity contribution in [2.75, 3.05) is 13.1 Å². The van der Waals surface area contributed by atoms with Gasteiger partial charge in [-0.25, -0.2) is 4.98 Å². The topological polar surface area (TPSA) is 55.2 Å². The predicted octanol–water partition coefficient (Wildman–Crippen LogP) is 5.42. The molecule has 1 aromatic heterocycles. The Bertz CT molecular complexity index is 1360. The number of hydrogen-bond donors (Lipinski definition) is 0. The Balaban J connectivity index is 1.61. The highest BCUT2D eigenvalue weighted by molar-refractivity contribution is 8.00. The molecule has 1 aliphatic rings. The van der Waals surface area contributed by atoms with Crippen LogP contribution in [0.15, 0.2) is 76.7 Å². The van der Waals surface area contributed by atoms with E-state index < -0.39 is 5.25 Å². The Hall–Kier alpha value is -3.12. The molecule has 168 valence electrons. The molecule has 1 saturated heterocycles. The summed E-state index contributed by atoms with van der Waals surface area (Å²) < 4.78 is 1.70. The minimum absolute atomic E-state index is 0.0620. The van der Waals surface area contributed by atoms with Crippen molar-refractivity contribution in [1.82, 2.24) is 14.5 Å². The van der Waals surface area contributed by atoms with Crippen molar-refractivity contribution >= 4 is 39.3 Å². The van der Waals surface area contributed by atoms with E-state index in [1.54, 1.807) is 4.57 Å². The van der Waals surface area contributed by atoms with Gasteiger partial charge in [0.2, 0.25) is 5.91 Å². The van der Waals surface area contributed by atoms with E-state index >= 15 is 0 Å². The van der Waals surface area contributed by atoms with Gasteiger partial charge in [-0.1, -0.05) is 66.4 Å². The van der Waals surface area contributed by atoms with Crippen molar-refractivity contribution in [3.05, 3.63) is 82.6 Å². The van der Waals surface area contributed by atoms with Gasteiger partial charge in [0, 0.05) is 19.6 Å². The lowest BCUT2D eigenvalue weighted by atomic mass is 10.1. The number of nitrogens with zero attached hydrogens (tertiary/aromatic N) is 3. The fraction of sp³-hybridized carbons (Fsp3) is 0.296. The average molecular weight is 458 g/mol. The van der Waals surface area contributed by atoms with Gasteiger partial charge in [-0.05, 0) is 54.7 Å². The van der Waals surface area contributed by atoms with Gasteiger partial charge >= 0.3 is 0 Å². The molecule has 0 bridgehead atoms. The van der Waals surface area contributed by atoms with Crippen LogP contribution in [-0.2, 0) is 11.3 Å². The predicted molar refractivity (Wildman–Crippen MR) is 135 cm³/mol. The van der Waals surface area contributed by atoms with Crippen molar-refractivity contribution in [2.45, 2.75) is 43.1 Å². The smallest absolute Gasteiger partial charge is 0.262 e. The van der Waals surface area contributed by atoms with Crippen LogP contribution >= 0.6 is 11.8 Å². The lowest BCUT2D eigenvalue weighted by molar-refractivity contribution is -0.131. The molecule has 5 rings (SSSR count). The van der Waals surface area contributed by atoms with E-state index in [-0.39, 0.29) is 11.5 Å². The van der Waals surface area contributed by atoms with Crippen LogP contribution in [0.4, 0.5) is 0 Å². The molecule has 3 aromatic carbocycles. The van der Waals surface area contributed by atoms with Gasteiger partial charge in [-0.2, -0.15) is 0 Å².